The van der Waals surface area contributed by atoms with E-state index in [0.717, 1.165) is 18.2 Å². The molecule has 0 aliphatic heterocycles. The molecule has 2 aromatic rings. The molecule has 3 nitrogen and oxygen atoms in total. The van der Waals surface area contributed by atoms with E-state index in [9.17, 15) is 17.2 Å². The summed E-state index contributed by atoms with van der Waals surface area (Å²) in [6.45, 7) is 0. The Balaban J connectivity index is 2.59. The molecule has 0 bridgehead atoms. The van der Waals surface area contributed by atoms with Crippen molar-refractivity contribution in [3.8, 4) is 6.07 Å². The number of hydrogen-bond acceptors (Lipinski definition) is 3. The van der Waals surface area contributed by atoms with Gasteiger partial charge in [0.1, 0.15) is 22.6 Å². The highest BCUT2D eigenvalue weighted by molar-refractivity contribution is 9.10. The molecule has 2 aromatic carbocycles. The Bertz CT molecular complexity index is 864. The van der Waals surface area contributed by atoms with Crippen LogP contribution in [0.1, 0.15) is 5.56 Å². The first-order valence-corrected chi connectivity index (χ1v) is 8.20. The zero-order chi connectivity index (χ0) is 16.3. The normalized spacial score (nSPS) is 12.0. The van der Waals surface area contributed by atoms with E-state index in [-0.39, 0.29) is 4.90 Å². The standard InChI is InChI=1S/C15H8BrF2NO2S/c16-10-4-6-11(7-5-10)22(20,21)12(9-19)8-13-14(17)2-1-3-15(13)18/h1-8H/b12-8+. The summed E-state index contributed by atoms with van der Waals surface area (Å²) in [6.07, 6.45) is 0.696. The van der Waals surface area contributed by atoms with Crippen molar-refractivity contribution in [1.82, 2.24) is 0 Å². The predicted molar refractivity (Wildman–Crippen MR) is 81.3 cm³/mol. The third-order valence-corrected chi connectivity index (χ3v) is 5.01. The number of halogens is 3. The third kappa shape index (κ3) is 3.24. The zero-order valence-corrected chi connectivity index (χ0v) is 13.3. The maximum absolute atomic E-state index is 13.6. The van der Waals surface area contributed by atoms with Crippen molar-refractivity contribution in [2.45, 2.75) is 4.90 Å². The first kappa shape index (κ1) is 16.3. The molecule has 22 heavy (non-hydrogen) atoms. The van der Waals surface area contributed by atoms with Crippen LogP contribution in [0.2, 0.25) is 0 Å². The van der Waals surface area contributed by atoms with Crippen molar-refractivity contribution >= 4 is 31.8 Å². The van der Waals surface area contributed by atoms with E-state index in [0.29, 0.717) is 10.5 Å². The van der Waals surface area contributed by atoms with Gasteiger partial charge in [-0.15, -0.1) is 0 Å². The van der Waals surface area contributed by atoms with Gasteiger partial charge in [0.25, 0.3) is 0 Å². The van der Waals surface area contributed by atoms with E-state index in [1.165, 1.54) is 30.3 Å². The summed E-state index contributed by atoms with van der Waals surface area (Å²) in [7, 11) is -4.15. The van der Waals surface area contributed by atoms with Crippen LogP contribution >= 0.6 is 15.9 Å². The van der Waals surface area contributed by atoms with Crippen LogP contribution in [0.25, 0.3) is 6.08 Å². The molecule has 0 aliphatic carbocycles. The van der Waals surface area contributed by atoms with E-state index >= 15 is 0 Å². The van der Waals surface area contributed by atoms with Gasteiger partial charge in [-0.3, -0.25) is 0 Å². The van der Waals surface area contributed by atoms with Crippen molar-refractivity contribution in [2.75, 3.05) is 0 Å². The number of sulfone groups is 1. The molecular formula is C15H8BrF2NO2S. The van der Waals surface area contributed by atoms with Gasteiger partial charge in [-0.2, -0.15) is 5.26 Å². The number of benzene rings is 2. The fourth-order valence-corrected chi connectivity index (χ4v) is 3.10. The number of allylic oxidation sites excluding steroid dienone is 1. The topological polar surface area (TPSA) is 57.9 Å². The molecule has 0 atom stereocenters. The lowest BCUT2D eigenvalue weighted by atomic mass is 10.2. The minimum atomic E-state index is -4.15. The van der Waals surface area contributed by atoms with Crippen LogP contribution in [0.4, 0.5) is 8.78 Å². The minimum absolute atomic E-state index is 0.139. The Morgan fingerprint density at radius 1 is 1.09 bits per heavy atom. The molecule has 0 amide bonds. The fraction of sp³-hybridized carbons (Fsp3) is 0. The summed E-state index contributed by atoms with van der Waals surface area (Å²) in [5.74, 6) is -1.89. The second-order valence-electron chi connectivity index (χ2n) is 4.21. The molecule has 0 N–H and O–H groups in total. The maximum Gasteiger partial charge on any atom is 0.216 e. The second kappa shape index (κ2) is 6.38. The second-order valence-corrected chi connectivity index (χ2v) is 7.05. The number of nitrogens with zero attached hydrogens (tertiary/aromatic N) is 1. The molecule has 0 unspecified atom stereocenters. The smallest absolute Gasteiger partial charge is 0.216 e. The van der Waals surface area contributed by atoms with Gasteiger partial charge >= 0.3 is 0 Å². The Kier molecular flexibility index (Phi) is 4.74. The predicted octanol–water partition coefficient (Wildman–Crippen LogP) is 4.07. The Labute approximate surface area is 134 Å². The first-order chi connectivity index (χ1) is 10.4. The third-order valence-electron chi connectivity index (χ3n) is 2.80. The summed E-state index contributed by atoms with van der Waals surface area (Å²) in [6, 6.07) is 10.2. The lowest BCUT2D eigenvalue weighted by Crippen LogP contribution is -2.04. The Hall–Kier alpha value is -2.04. The highest BCUT2D eigenvalue weighted by Gasteiger charge is 2.22. The van der Waals surface area contributed by atoms with Gasteiger partial charge in [0.15, 0.2) is 0 Å². The van der Waals surface area contributed by atoms with Crippen LogP contribution in [0.5, 0.6) is 0 Å². The number of rotatable bonds is 3. The number of hydrogen-bond donors (Lipinski definition) is 0. The average molecular weight is 384 g/mol. The number of nitriles is 1. The van der Waals surface area contributed by atoms with Crippen LogP contribution in [-0.2, 0) is 9.84 Å². The molecule has 0 heterocycles. The highest BCUT2D eigenvalue weighted by atomic mass is 79.9. The lowest BCUT2D eigenvalue weighted by molar-refractivity contribution is 0.578. The first-order valence-electron chi connectivity index (χ1n) is 5.92. The molecule has 0 saturated heterocycles. The van der Waals surface area contributed by atoms with Gasteiger partial charge in [-0.05, 0) is 42.5 Å². The molecule has 0 spiro atoms. The van der Waals surface area contributed by atoms with Gasteiger partial charge in [-0.25, -0.2) is 17.2 Å². The van der Waals surface area contributed by atoms with Crippen LogP contribution in [0, 0.1) is 23.0 Å². The average Bonchev–Trinajstić information content (AvgIpc) is 2.47. The van der Waals surface area contributed by atoms with Crippen LogP contribution < -0.4 is 0 Å². The molecule has 0 radical (unpaired) electrons. The SMILES string of the molecule is N#C/C(=C\c1c(F)cccc1F)S(=O)(=O)c1ccc(Br)cc1. The molecule has 0 fully saturated rings. The molecule has 112 valence electrons. The van der Waals surface area contributed by atoms with E-state index < -0.39 is 31.9 Å². The van der Waals surface area contributed by atoms with Gasteiger partial charge in [0, 0.05) is 10.0 Å². The van der Waals surface area contributed by atoms with Crippen molar-refractivity contribution in [3.05, 3.63) is 69.0 Å². The summed E-state index contributed by atoms with van der Waals surface area (Å²) in [5.41, 5.74) is -0.570. The lowest BCUT2D eigenvalue weighted by Gasteiger charge is -2.04. The van der Waals surface area contributed by atoms with E-state index in [1.807, 2.05) is 0 Å². The van der Waals surface area contributed by atoms with Crippen LogP contribution in [-0.4, -0.2) is 8.42 Å². The summed E-state index contributed by atoms with van der Waals surface area (Å²) in [4.78, 5) is -0.876. The van der Waals surface area contributed by atoms with Gasteiger partial charge < -0.3 is 0 Å². The van der Waals surface area contributed by atoms with Crippen molar-refractivity contribution in [3.63, 3.8) is 0 Å². The zero-order valence-electron chi connectivity index (χ0n) is 10.9. The summed E-state index contributed by atoms with van der Waals surface area (Å²) in [5, 5.41) is 9.07. The fourth-order valence-electron chi connectivity index (χ4n) is 1.69. The van der Waals surface area contributed by atoms with Crippen molar-refractivity contribution < 1.29 is 17.2 Å². The van der Waals surface area contributed by atoms with Gasteiger partial charge in [0.2, 0.25) is 9.84 Å². The molecule has 0 aliphatic rings. The summed E-state index contributed by atoms with van der Waals surface area (Å²) < 4.78 is 52.6. The minimum Gasteiger partial charge on any atom is -0.218 e. The van der Waals surface area contributed by atoms with E-state index in [2.05, 4.69) is 15.9 Å². The maximum atomic E-state index is 13.6. The van der Waals surface area contributed by atoms with Crippen LogP contribution in [0.15, 0.2) is 56.7 Å². The van der Waals surface area contributed by atoms with Gasteiger partial charge in [0.05, 0.1) is 4.90 Å². The Morgan fingerprint density at radius 3 is 2.14 bits per heavy atom. The van der Waals surface area contributed by atoms with E-state index in [4.69, 9.17) is 5.26 Å². The largest absolute Gasteiger partial charge is 0.218 e. The quantitative estimate of drug-likeness (QED) is 0.750. The van der Waals surface area contributed by atoms with Crippen LogP contribution in [0.3, 0.4) is 0 Å². The molecule has 0 saturated carbocycles. The molecular weight excluding hydrogens is 376 g/mol. The Morgan fingerprint density at radius 2 is 1.64 bits per heavy atom. The van der Waals surface area contributed by atoms with Crippen molar-refractivity contribution in [2.24, 2.45) is 0 Å². The highest BCUT2D eigenvalue weighted by Crippen LogP contribution is 2.24. The van der Waals surface area contributed by atoms with Crippen molar-refractivity contribution in [1.29, 1.82) is 5.26 Å². The summed E-state index contributed by atoms with van der Waals surface area (Å²) >= 11 is 3.17. The molecule has 7 heteroatoms. The molecule has 0 aromatic heterocycles. The molecule has 2 rings (SSSR count). The monoisotopic (exact) mass is 383 g/mol. The van der Waals surface area contributed by atoms with E-state index in [1.54, 1.807) is 0 Å². The van der Waals surface area contributed by atoms with Gasteiger partial charge in [-0.1, -0.05) is 22.0 Å².